The van der Waals surface area contributed by atoms with Crippen molar-refractivity contribution in [2.75, 3.05) is 11.4 Å². The van der Waals surface area contributed by atoms with Crippen LogP contribution in [0.25, 0.3) is 11.1 Å². The van der Waals surface area contributed by atoms with Crippen molar-refractivity contribution in [1.82, 2.24) is 0 Å². The van der Waals surface area contributed by atoms with E-state index < -0.39 is 0 Å². The zero-order valence-electron chi connectivity index (χ0n) is 14.2. The molecule has 4 rings (SSSR count). The number of benzene rings is 3. The smallest absolute Gasteiger partial charge is 0.151 e. The van der Waals surface area contributed by atoms with Crippen molar-refractivity contribution in [3.05, 3.63) is 71.2 Å². The number of rotatable bonds is 4. The van der Waals surface area contributed by atoms with Gasteiger partial charge in [0.15, 0.2) is 11.5 Å². The van der Waals surface area contributed by atoms with E-state index in [1.54, 1.807) is 0 Å². The topological polar surface area (TPSA) is 12.5 Å². The molecule has 25 heavy (non-hydrogen) atoms. The summed E-state index contributed by atoms with van der Waals surface area (Å²) in [4.78, 5) is 2.41. The van der Waals surface area contributed by atoms with Crippen molar-refractivity contribution in [3.8, 4) is 22.6 Å². The molecule has 1 aliphatic heterocycles. The molecule has 0 radical (unpaired) electrons. The normalized spacial score (nSPS) is 12.3. The second-order valence-corrected chi connectivity index (χ2v) is 7.06. The van der Waals surface area contributed by atoms with Gasteiger partial charge in [-0.15, -0.1) is 0 Å². The average Bonchev–Trinajstić information content (AvgIpc) is 2.66. The highest BCUT2D eigenvalue weighted by Crippen LogP contribution is 2.52. The molecule has 0 unspecified atom stereocenters. The summed E-state index contributed by atoms with van der Waals surface area (Å²) in [6, 6.07) is 22.9. The Morgan fingerprint density at radius 3 is 2.44 bits per heavy atom. The van der Waals surface area contributed by atoms with Gasteiger partial charge in [0.1, 0.15) is 0 Å². The Kier molecular flexibility index (Phi) is 4.50. The minimum Gasteiger partial charge on any atom is -0.453 e. The van der Waals surface area contributed by atoms with Crippen molar-refractivity contribution in [1.29, 1.82) is 0 Å². The number of hydrogen-bond acceptors (Lipinski definition) is 2. The summed E-state index contributed by atoms with van der Waals surface area (Å²) >= 11 is 3.77. The van der Waals surface area contributed by atoms with Crippen LogP contribution in [0.3, 0.4) is 0 Å². The van der Waals surface area contributed by atoms with Gasteiger partial charge in [0.05, 0.1) is 11.4 Å². The zero-order valence-corrected chi connectivity index (χ0v) is 15.8. The number of ether oxygens (including phenoxy) is 1. The minimum atomic E-state index is 0.914. The Bertz CT molecular complexity index is 892. The lowest BCUT2D eigenvalue weighted by molar-refractivity contribution is 0.472. The molecule has 0 bridgehead atoms. The number of nitrogens with zero attached hydrogens (tertiary/aromatic N) is 1. The van der Waals surface area contributed by atoms with Gasteiger partial charge < -0.3 is 9.64 Å². The van der Waals surface area contributed by atoms with Gasteiger partial charge in [-0.25, -0.2) is 0 Å². The molecule has 3 heteroatoms. The van der Waals surface area contributed by atoms with Crippen LogP contribution in [0.15, 0.2) is 71.2 Å². The second kappa shape index (κ2) is 6.93. The van der Waals surface area contributed by atoms with Gasteiger partial charge in [-0.2, -0.15) is 0 Å². The predicted octanol–water partition coefficient (Wildman–Crippen LogP) is 7.16. The highest BCUT2D eigenvalue weighted by atomic mass is 79.9. The maximum absolute atomic E-state index is 6.24. The van der Waals surface area contributed by atoms with Gasteiger partial charge in [-0.3, -0.25) is 0 Å². The summed E-state index contributed by atoms with van der Waals surface area (Å²) in [6.07, 6.45) is 2.29. The van der Waals surface area contributed by atoms with Crippen LogP contribution in [-0.4, -0.2) is 6.54 Å². The van der Waals surface area contributed by atoms with Crippen molar-refractivity contribution >= 4 is 27.3 Å². The first kappa shape index (κ1) is 16.2. The maximum Gasteiger partial charge on any atom is 0.151 e. The lowest BCUT2D eigenvalue weighted by Crippen LogP contribution is -2.23. The van der Waals surface area contributed by atoms with Crippen LogP contribution in [-0.2, 0) is 0 Å². The molecule has 0 saturated heterocycles. The third-order valence-electron chi connectivity index (χ3n) is 4.53. The lowest BCUT2D eigenvalue weighted by Gasteiger charge is -2.35. The van der Waals surface area contributed by atoms with Crippen LogP contribution in [0.5, 0.6) is 11.5 Å². The maximum atomic E-state index is 6.24. The van der Waals surface area contributed by atoms with E-state index in [4.69, 9.17) is 4.74 Å². The van der Waals surface area contributed by atoms with E-state index in [0.717, 1.165) is 46.7 Å². The van der Waals surface area contributed by atoms with Crippen molar-refractivity contribution < 1.29 is 4.74 Å². The average molecular weight is 394 g/mol. The fraction of sp³-hybridized carbons (Fsp3) is 0.182. The van der Waals surface area contributed by atoms with Crippen molar-refractivity contribution in [3.63, 3.8) is 0 Å². The molecule has 0 atom stereocenters. The van der Waals surface area contributed by atoms with Gasteiger partial charge in [0.25, 0.3) is 0 Å². The van der Waals surface area contributed by atoms with Gasteiger partial charge in [-0.1, -0.05) is 71.7 Å². The molecule has 0 saturated carbocycles. The van der Waals surface area contributed by atoms with Crippen molar-refractivity contribution in [2.45, 2.75) is 19.8 Å². The van der Waals surface area contributed by atoms with Crippen LogP contribution >= 0.6 is 15.9 Å². The number of fused-ring (bicyclic) bond motifs is 2. The summed E-state index contributed by atoms with van der Waals surface area (Å²) in [5, 5.41) is 0. The monoisotopic (exact) mass is 393 g/mol. The molecular weight excluding hydrogens is 374 g/mol. The summed E-state index contributed by atoms with van der Waals surface area (Å²) in [6.45, 7) is 3.20. The van der Waals surface area contributed by atoms with Gasteiger partial charge in [-0.05, 0) is 36.2 Å². The van der Waals surface area contributed by atoms with E-state index in [1.807, 2.05) is 18.2 Å². The minimum absolute atomic E-state index is 0.914. The standard InChI is InChI=1S/C22H20BrNO/c1-2-3-15-24-18-11-7-8-12-19(18)25-20-14-13-17(23)21(22(20)24)16-9-5-4-6-10-16/h4-14H,2-3,15H2,1H3. The van der Waals surface area contributed by atoms with Crippen LogP contribution in [0.2, 0.25) is 0 Å². The Labute approximate surface area is 157 Å². The first-order valence-corrected chi connectivity index (χ1v) is 9.51. The molecule has 1 aliphatic rings. The molecule has 3 aromatic carbocycles. The predicted molar refractivity (Wildman–Crippen MR) is 108 cm³/mol. The summed E-state index contributed by atoms with van der Waals surface area (Å²) < 4.78 is 7.33. The number of anilines is 2. The van der Waals surface area contributed by atoms with Crippen molar-refractivity contribution in [2.24, 2.45) is 0 Å². The molecule has 2 nitrogen and oxygen atoms in total. The third-order valence-corrected chi connectivity index (χ3v) is 5.19. The number of unbranched alkanes of at least 4 members (excludes halogenated alkanes) is 1. The summed E-state index contributed by atoms with van der Waals surface area (Å²) in [5.74, 6) is 1.84. The van der Waals surface area contributed by atoms with E-state index in [2.05, 4.69) is 76.3 Å². The fourth-order valence-electron chi connectivity index (χ4n) is 3.33. The molecular formula is C22H20BrNO. The van der Waals surface area contributed by atoms with Crippen LogP contribution in [0, 0.1) is 0 Å². The fourth-order valence-corrected chi connectivity index (χ4v) is 3.88. The number of halogens is 1. The Morgan fingerprint density at radius 2 is 1.64 bits per heavy atom. The molecule has 0 N–H and O–H groups in total. The van der Waals surface area contributed by atoms with Crippen LogP contribution < -0.4 is 9.64 Å². The first-order valence-electron chi connectivity index (χ1n) is 8.72. The zero-order chi connectivity index (χ0) is 17.2. The Balaban J connectivity index is 1.94. The van der Waals surface area contributed by atoms with Gasteiger partial charge in [0.2, 0.25) is 0 Å². The number of hydrogen-bond donors (Lipinski definition) is 0. The van der Waals surface area contributed by atoms with E-state index in [0.29, 0.717) is 0 Å². The van der Waals surface area contributed by atoms with Crippen LogP contribution in [0.1, 0.15) is 19.8 Å². The second-order valence-electron chi connectivity index (χ2n) is 6.21. The molecule has 0 amide bonds. The SMILES string of the molecule is CCCCN1c2ccccc2Oc2ccc(Br)c(-c3ccccc3)c21. The highest BCUT2D eigenvalue weighted by molar-refractivity contribution is 9.10. The molecule has 126 valence electrons. The molecule has 0 aromatic heterocycles. The molecule has 1 heterocycles. The van der Waals surface area contributed by atoms with Gasteiger partial charge >= 0.3 is 0 Å². The molecule has 3 aromatic rings. The largest absolute Gasteiger partial charge is 0.453 e. The number of para-hydroxylation sites is 2. The quantitative estimate of drug-likeness (QED) is 0.466. The summed E-state index contributed by atoms with van der Waals surface area (Å²) in [5.41, 5.74) is 4.66. The van der Waals surface area contributed by atoms with E-state index >= 15 is 0 Å². The van der Waals surface area contributed by atoms with E-state index in [9.17, 15) is 0 Å². The molecule has 0 aliphatic carbocycles. The van der Waals surface area contributed by atoms with Crippen LogP contribution in [0.4, 0.5) is 11.4 Å². The summed E-state index contributed by atoms with van der Waals surface area (Å²) in [7, 11) is 0. The first-order chi connectivity index (χ1) is 12.3. The lowest BCUT2D eigenvalue weighted by atomic mass is 10.00. The molecule has 0 fully saturated rings. The molecule has 0 spiro atoms. The third kappa shape index (κ3) is 2.93. The van der Waals surface area contributed by atoms with Gasteiger partial charge in [0, 0.05) is 16.6 Å². The van der Waals surface area contributed by atoms with E-state index in [-0.39, 0.29) is 0 Å². The Morgan fingerprint density at radius 1 is 0.880 bits per heavy atom. The highest BCUT2D eigenvalue weighted by Gasteiger charge is 2.28. The van der Waals surface area contributed by atoms with E-state index in [1.165, 1.54) is 11.1 Å². The Hall–Kier alpha value is -2.26.